The van der Waals surface area contributed by atoms with Crippen molar-refractivity contribution in [3.8, 4) is 0 Å². The van der Waals surface area contributed by atoms with Gasteiger partial charge in [0.25, 0.3) is 0 Å². The van der Waals surface area contributed by atoms with E-state index in [0.717, 1.165) is 19.6 Å². The van der Waals surface area contributed by atoms with Gasteiger partial charge in [-0.2, -0.15) is 15.0 Å². The van der Waals surface area contributed by atoms with Gasteiger partial charge in [-0.1, -0.05) is 6.07 Å². The third kappa shape index (κ3) is 3.79. The lowest BCUT2D eigenvalue weighted by Gasteiger charge is -2.22. The molecule has 114 valence electrons. The van der Waals surface area contributed by atoms with Crippen molar-refractivity contribution in [1.29, 1.82) is 0 Å². The number of aromatic nitrogens is 3. The number of hydrazine groups is 1. The van der Waals surface area contributed by atoms with Crippen LogP contribution in [0.25, 0.3) is 0 Å². The van der Waals surface area contributed by atoms with Crippen molar-refractivity contribution in [2.45, 2.75) is 20.4 Å². The SMILES string of the molecule is CCN(CC)c1nc(NN)nc(N(C)Cc2cccs2)n1. The first-order chi connectivity index (χ1) is 10.2. The molecule has 0 atom stereocenters. The highest BCUT2D eigenvalue weighted by molar-refractivity contribution is 7.09. The van der Waals surface area contributed by atoms with Crippen molar-refractivity contribution in [3.05, 3.63) is 22.4 Å². The van der Waals surface area contributed by atoms with Crippen molar-refractivity contribution in [1.82, 2.24) is 15.0 Å². The van der Waals surface area contributed by atoms with Gasteiger partial charge in [-0.05, 0) is 25.3 Å². The van der Waals surface area contributed by atoms with Crippen LogP contribution in [-0.2, 0) is 6.54 Å². The van der Waals surface area contributed by atoms with E-state index in [4.69, 9.17) is 5.84 Å². The van der Waals surface area contributed by atoms with Gasteiger partial charge in [0.05, 0.1) is 6.54 Å². The van der Waals surface area contributed by atoms with Crippen LogP contribution < -0.4 is 21.1 Å². The van der Waals surface area contributed by atoms with Crippen LogP contribution in [0, 0.1) is 0 Å². The van der Waals surface area contributed by atoms with E-state index in [-0.39, 0.29) is 0 Å². The van der Waals surface area contributed by atoms with Crippen molar-refractivity contribution < 1.29 is 0 Å². The average Bonchev–Trinajstić information content (AvgIpc) is 3.01. The molecule has 7 nitrogen and oxygen atoms in total. The van der Waals surface area contributed by atoms with Gasteiger partial charge in [0.15, 0.2) is 0 Å². The molecule has 0 fully saturated rings. The molecule has 2 aromatic rings. The van der Waals surface area contributed by atoms with Gasteiger partial charge in [0, 0.05) is 25.0 Å². The molecule has 0 aliphatic rings. The summed E-state index contributed by atoms with van der Waals surface area (Å²) in [4.78, 5) is 18.5. The summed E-state index contributed by atoms with van der Waals surface area (Å²) in [6, 6.07) is 4.13. The number of nitrogens with two attached hydrogens (primary N) is 1. The molecule has 8 heteroatoms. The smallest absolute Gasteiger partial charge is 0.243 e. The second kappa shape index (κ2) is 7.19. The highest BCUT2D eigenvalue weighted by atomic mass is 32.1. The van der Waals surface area contributed by atoms with Gasteiger partial charge in [0.1, 0.15) is 0 Å². The van der Waals surface area contributed by atoms with E-state index in [1.165, 1.54) is 4.88 Å². The molecule has 2 rings (SSSR count). The predicted octanol–water partition coefficient (Wildman–Crippen LogP) is 1.70. The van der Waals surface area contributed by atoms with E-state index in [2.05, 4.69) is 50.6 Å². The van der Waals surface area contributed by atoms with Crippen molar-refractivity contribution in [2.24, 2.45) is 5.84 Å². The molecule has 0 saturated heterocycles. The molecule has 2 heterocycles. The first-order valence-corrected chi connectivity index (χ1v) is 7.77. The number of hydrogen-bond donors (Lipinski definition) is 2. The van der Waals surface area contributed by atoms with Gasteiger partial charge >= 0.3 is 0 Å². The van der Waals surface area contributed by atoms with Crippen LogP contribution >= 0.6 is 11.3 Å². The fraction of sp³-hybridized carbons (Fsp3) is 0.462. The summed E-state index contributed by atoms with van der Waals surface area (Å²) in [5.41, 5.74) is 2.51. The lowest BCUT2D eigenvalue weighted by Crippen LogP contribution is -2.27. The molecule has 3 N–H and O–H groups in total. The topological polar surface area (TPSA) is 83.2 Å². The Bertz CT molecular complexity index is 554. The van der Waals surface area contributed by atoms with Gasteiger partial charge in [0.2, 0.25) is 17.8 Å². The quantitative estimate of drug-likeness (QED) is 0.595. The van der Waals surface area contributed by atoms with Gasteiger partial charge < -0.3 is 9.80 Å². The summed E-state index contributed by atoms with van der Waals surface area (Å²) >= 11 is 1.71. The fourth-order valence-corrected chi connectivity index (χ4v) is 2.70. The van der Waals surface area contributed by atoms with Crippen LogP contribution in [0.4, 0.5) is 17.8 Å². The molecule has 0 amide bonds. The van der Waals surface area contributed by atoms with Crippen molar-refractivity contribution in [3.63, 3.8) is 0 Å². The normalized spacial score (nSPS) is 10.5. The van der Waals surface area contributed by atoms with Gasteiger partial charge in [-0.3, -0.25) is 5.43 Å². The molecular formula is C13H21N7S. The Morgan fingerprint density at radius 2 is 1.90 bits per heavy atom. The molecule has 0 unspecified atom stereocenters. The molecule has 2 aromatic heterocycles. The maximum Gasteiger partial charge on any atom is 0.243 e. The largest absolute Gasteiger partial charge is 0.341 e. The number of nitrogens with zero attached hydrogens (tertiary/aromatic N) is 5. The van der Waals surface area contributed by atoms with Crippen LogP contribution in [-0.4, -0.2) is 35.1 Å². The zero-order chi connectivity index (χ0) is 15.2. The monoisotopic (exact) mass is 307 g/mol. The summed E-state index contributed by atoms with van der Waals surface area (Å²) in [7, 11) is 1.96. The Morgan fingerprint density at radius 1 is 1.19 bits per heavy atom. The number of nitrogen functional groups attached to an aromatic ring is 1. The third-order valence-corrected chi connectivity index (χ3v) is 3.96. The van der Waals surface area contributed by atoms with E-state index in [1.807, 2.05) is 18.0 Å². The Hall–Kier alpha value is -1.93. The number of thiophene rings is 1. The zero-order valence-electron chi connectivity index (χ0n) is 12.6. The maximum atomic E-state index is 5.47. The van der Waals surface area contributed by atoms with E-state index in [0.29, 0.717) is 17.8 Å². The van der Waals surface area contributed by atoms with Crippen molar-refractivity contribution >= 4 is 29.2 Å². The summed E-state index contributed by atoms with van der Waals surface area (Å²) in [5.74, 6) is 7.08. The van der Waals surface area contributed by atoms with E-state index < -0.39 is 0 Å². The second-order valence-electron chi connectivity index (χ2n) is 4.51. The van der Waals surface area contributed by atoms with Gasteiger partial charge in [-0.25, -0.2) is 5.84 Å². The highest BCUT2D eigenvalue weighted by Gasteiger charge is 2.14. The Labute approximate surface area is 128 Å². The molecule has 0 aliphatic heterocycles. The molecular weight excluding hydrogens is 286 g/mol. The Balaban J connectivity index is 2.27. The lowest BCUT2D eigenvalue weighted by atomic mass is 10.4. The molecule has 0 spiro atoms. The van der Waals surface area contributed by atoms with Crippen LogP contribution in [0.3, 0.4) is 0 Å². The standard InChI is InChI=1S/C13H21N7S/c1-4-20(5-2)13-16-11(18-14)15-12(17-13)19(3)9-10-7-6-8-21-10/h6-8H,4-5,9,14H2,1-3H3,(H,15,16,17,18). The minimum atomic E-state index is 0.375. The second-order valence-corrected chi connectivity index (χ2v) is 5.54. The first-order valence-electron chi connectivity index (χ1n) is 6.89. The van der Waals surface area contributed by atoms with Crippen LogP contribution in [0.5, 0.6) is 0 Å². The summed E-state index contributed by atoms with van der Waals surface area (Å²) in [6.07, 6.45) is 0. The van der Waals surface area contributed by atoms with Gasteiger partial charge in [-0.15, -0.1) is 11.3 Å². The molecule has 21 heavy (non-hydrogen) atoms. The average molecular weight is 307 g/mol. The summed E-state index contributed by atoms with van der Waals surface area (Å²) in [6.45, 7) is 6.55. The summed E-state index contributed by atoms with van der Waals surface area (Å²) in [5, 5.41) is 2.06. The molecule has 0 bridgehead atoms. The minimum Gasteiger partial charge on any atom is -0.341 e. The minimum absolute atomic E-state index is 0.375. The first kappa shape index (κ1) is 15.5. The Kier molecular flexibility index (Phi) is 5.29. The van der Waals surface area contributed by atoms with Crippen molar-refractivity contribution in [2.75, 3.05) is 35.4 Å². The number of anilines is 3. The maximum absolute atomic E-state index is 5.47. The molecule has 0 radical (unpaired) electrons. The Morgan fingerprint density at radius 3 is 2.48 bits per heavy atom. The van der Waals surface area contributed by atoms with E-state index >= 15 is 0 Å². The lowest BCUT2D eigenvalue weighted by molar-refractivity contribution is 0.794. The number of rotatable bonds is 7. The van der Waals surface area contributed by atoms with Crippen LogP contribution in [0.1, 0.15) is 18.7 Å². The van der Waals surface area contributed by atoms with Crippen LogP contribution in [0.15, 0.2) is 17.5 Å². The number of hydrogen-bond acceptors (Lipinski definition) is 8. The summed E-state index contributed by atoms with van der Waals surface area (Å²) < 4.78 is 0. The van der Waals surface area contributed by atoms with E-state index in [1.54, 1.807) is 11.3 Å². The third-order valence-electron chi connectivity index (χ3n) is 3.10. The molecule has 0 saturated carbocycles. The van der Waals surface area contributed by atoms with Crippen LogP contribution in [0.2, 0.25) is 0 Å². The number of nitrogens with one attached hydrogen (secondary N) is 1. The van der Waals surface area contributed by atoms with E-state index in [9.17, 15) is 0 Å². The zero-order valence-corrected chi connectivity index (χ0v) is 13.4. The predicted molar refractivity (Wildman–Crippen MR) is 87.6 cm³/mol. The highest BCUT2D eigenvalue weighted by Crippen LogP contribution is 2.18. The molecule has 0 aliphatic carbocycles. The molecule has 0 aromatic carbocycles. The fourth-order valence-electron chi connectivity index (χ4n) is 1.94.